The van der Waals surface area contributed by atoms with E-state index in [1.807, 2.05) is 13.0 Å². The Morgan fingerprint density at radius 3 is 2.75 bits per heavy atom. The normalized spacial score (nSPS) is 21.4. The fraction of sp³-hybridized carbons (Fsp3) is 0.357. The number of Topliss-reactive ketones (excluding diaryl/α,β-unsaturated/α-hetero) is 1. The molecule has 84 valence electrons. The van der Waals surface area contributed by atoms with Gasteiger partial charge in [-0.2, -0.15) is 0 Å². The highest BCUT2D eigenvalue weighted by Crippen LogP contribution is 2.35. The van der Waals surface area contributed by atoms with Gasteiger partial charge in [-0.3, -0.25) is 4.79 Å². The van der Waals surface area contributed by atoms with Crippen molar-refractivity contribution in [2.75, 3.05) is 0 Å². The molecule has 0 saturated carbocycles. The Morgan fingerprint density at radius 2 is 2.00 bits per heavy atom. The number of hydrogen-bond acceptors (Lipinski definition) is 1. The summed E-state index contributed by atoms with van der Waals surface area (Å²) in [6.07, 6.45) is 1.56. The fourth-order valence-electron chi connectivity index (χ4n) is 2.21. The lowest BCUT2D eigenvalue weighted by atomic mass is 9.86. The summed E-state index contributed by atoms with van der Waals surface area (Å²) in [6.45, 7) is 4.21. The van der Waals surface area contributed by atoms with Crippen molar-refractivity contribution in [3.05, 3.63) is 39.9 Å². The molecular weight excluding hydrogens is 264 g/mol. The molecule has 1 aromatic carbocycles. The number of fused-ring (bicyclic) bond motifs is 1. The van der Waals surface area contributed by atoms with Gasteiger partial charge in [0.25, 0.3) is 0 Å². The maximum absolute atomic E-state index is 11.8. The van der Waals surface area contributed by atoms with Gasteiger partial charge in [0.1, 0.15) is 0 Å². The molecule has 0 saturated heterocycles. The molecule has 1 aliphatic carbocycles. The molecule has 0 bridgehead atoms. The van der Waals surface area contributed by atoms with E-state index in [0.717, 1.165) is 16.5 Å². The molecule has 2 rings (SSSR count). The van der Waals surface area contributed by atoms with E-state index >= 15 is 0 Å². The van der Waals surface area contributed by atoms with Gasteiger partial charge in [-0.25, -0.2) is 0 Å². The van der Waals surface area contributed by atoms with Crippen LogP contribution < -0.4 is 0 Å². The average molecular weight is 279 g/mol. The van der Waals surface area contributed by atoms with Crippen LogP contribution in [0.5, 0.6) is 0 Å². The van der Waals surface area contributed by atoms with Gasteiger partial charge in [0, 0.05) is 6.42 Å². The third kappa shape index (κ3) is 1.99. The standard InChI is InChI=1S/C14H15BrO/c1-9-7-8-13(16)14(15)10(2)12-6-4-3-5-11(9)12/h3-6,9H,7-8H2,1-2H3. The van der Waals surface area contributed by atoms with E-state index in [4.69, 9.17) is 0 Å². The maximum Gasteiger partial charge on any atom is 0.170 e. The molecule has 1 aromatic rings. The molecule has 1 nitrogen and oxygen atoms in total. The van der Waals surface area contributed by atoms with Crippen LogP contribution in [0, 0.1) is 0 Å². The Labute approximate surface area is 105 Å². The molecule has 1 atom stereocenters. The fourth-order valence-corrected chi connectivity index (χ4v) is 2.62. The molecule has 0 aromatic heterocycles. The summed E-state index contributed by atoms with van der Waals surface area (Å²) >= 11 is 3.42. The minimum absolute atomic E-state index is 0.221. The topological polar surface area (TPSA) is 17.1 Å². The van der Waals surface area contributed by atoms with Gasteiger partial charge >= 0.3 is 0 Å². The van der Waals surface area contributed by atoms with Crippen LogP contribution in [0.3, 0.4) is 0 Å². The van der Waals surface area contributed by atoms with Crippen molar-refractivity contribution in [2.45, 2.75) is 32.6 Å². The van der Waals surface area contributed by atoms with E-state index < -0.39 is 0 Å². The zero-order valence-electron chi connectivity index (χ0n) is 9.59. The summed E-state index contributed by atoms with van der Waals surface area (Å²) in [5.41, 5.74) is 3.62. The number of halogens is 1. The predicted octanol–water partition coefficient (Wildman–Crippen LogP) is 4.28. The Morgan fingerprint density at radius 1 is 1.31 bits per heavy atom. The lowest BCUT2D eigenvalue weighted by Crippen LogP contribution is -2.08. The van der Waals surface area contributed by atoms with Crippen molar-refractivity contribution in [1.82, 2.24) is 0 Å². The first-order chi connectivity index (χ1) is 7.61. The third-order valence-corrected chi connectivity index (χ3v) is 4.31. The minimum Gasteiger partial charge on any atom is -0.294 e. The van der Waals surface area contributed by atoms with Crippen LogP contribution in [0.4, 0.5) is 0 Å². The van der Waals surface area contributed by atoms with Crippen LogP contribution in [-0.2, 0) is 4.79 Å². The molecule has 1 unspecified atom stereocenters. The average Bonchev–Trinajstić information content (AvgIpc) is 2.32. The number of carbonyl (C=O) groups excluding carboxylic acids is 1. The second-order valence-electron chi connectivity index (χ2n) is 4.39. The Balaban J connectivity index is 2.64. The molecule has 0 N–H and O–H groups in total. The molecule has 0 radical (unpaired) electrons. The monoisotopic (exact) mass is 278 g/mol. The highest BCUT2D eigenvalue weighted by atomic mass is 79.9. The van der Waals surface area contributed by atoms with E-state index in [2.05, 4.69) is 41.1 Å². The van der Waals surface area contributed by atoms with Crippen LogP contribution in [0.1, 0.15) is 43.7 Å². The van der Waals surface area contributed by atoms with Crippen LogP contribution in [-0.4, -0.2) is 5.78 Å². The van der Waals surface area contributed by atoms with Crippen molar-refractivity contribution in [3.63, 3.8) is 0 Å². The van der Waals surface area contributed by atoms with Gasteiger partial charge in [-0.1, -0.05) is 31.2 Å². The molecule has 0 amide bonds. The first-order valence-corrected chi connectivity index (χ1v) is 6.39. The Kier molecular flexibility index (Phi) is 3.29. The zero-order chi connectivity index (χ0) is 11.7. The van der Waals surface area contributed by atoms with Gasteiger partial charge in [0.2, 0.25) is 0 Å². The maximum atomic E-state index is 11.8. The number of benzene rings is 1. The first kappa shape index (κ1) is 11.6. The largest absolute Gasteiger partial charge is 0.294 e. The first-order valence-electron chi connectivity index (χ1n) is 5.60. The molecule has 1 aliphatic rings. The summed E-state index contributed by atoms with van der Waals surface area (Å²) in [6, 6.07) is 8.36. The highest BCUT2D eigenvalue weighted by molar-refractivity contribution is 9.12. The minimum atomic E-state index is 0.221. The SMILES string of the molecule is CC1=C(Br)C(=O)CCC(C)c2ccccc21. The summed E-state index contributed by atoms with van der Waals surface area (Å²) in [4.78, 5) is 11.8. The number of ketones is 1. The number of carbonyl (C=O) groups is 1. The number of rotatable bonds is 0. The molecule has 0 fully saturated rings. The summed E-state index contributed by atoms with van der Waals surface area (Å²) < 4.78 is 0.742. The van der Waals surface area contributed by atoms with Crippen molar-refractivity contribution in [1.29, 1.82) is 0 Å². The van der Waals surface area contributed by atoms with E-state index in [9.17, 15) is 4.79 Å². The van der Waals surface area contributed by atoms with Crippen molar-refractivity contribution in [3.8, 4) is 0 Å². The quantitative estimate of drug-likeness (QED) is 0.692. The van der Waals surface area contributed by atoms with Crippen LogP contribution >= 0.6 is 15.9 Å². The van der Waals surface area contributed by atoms with Gasteiger partial charge < -0.3 is 0 Å². The lowest BCUT2D eigenvalue weighted by Gasteiger charge is -2.20. The summed E-state index contributed by atoms with van der Waals surface area (Å²) in [5.74, 6) is 0.676. The Hall–Kier alpha value is -0.890. The molecule has 0 spiro atoms. The predicted molar refractivity (Wildman–Crippen MR) is 70.6 cm³/mol. The molecule has 2 heteroatoms. The van der Waals surface area contributed by atoms with Gasteiger partial charge in [0.15, 0.2) is 5.78 Å². The smallest absolute Gasteiger partial charge is 0.170 e. The molecule has 16 heavy (non-hydrogen) atoms. The highest BCUT2D eigenvalue weighted by Gasteiger charge is 2.20. The molecular formula is C14H15BrO. The van der Waals surface area contributed by atoms with E-state index in [1.165, 1.54) is 11.1 Å². The van der Waals surface area contributed by atoms with Crippen LogP contribution in [0.25, 0.3) is 5.57 Å². The van der Waals surface area contributed by atoms with Crippen LogP contribution in [0.15, 0.2) is 28.7 Å². The second-order valence-corrected chi connectivity index (χ2v) is 5.18. The van der Waals surface area contributed by atoms with Gasteiger partial charge in [-0.15, -0.1) is 0 Å². The van der Waals surface area contributed by atoms with Gasteiger partial charge in [-0.05, 0) is 51.9 Å². The second kappa shape index (κ2) is 4.54. The third-order valence-electron chi connectivity index (χ3n) is 3.27. The summed E-state index contributed by atoms with van der Waals surface area (Å²) in [5, 5.41) is 0. The van der Waals surface area contributed by atoms with Crippen molar-refractivity contribution < 1.29 is 4.79 Å². The number of hydrogen-bond donors (Lipinski definition) is 0. The van der Waals surface area contributed by atoms with E-state index in [1.54, 1.807) is 0 Å². The Bertz CT molecular complexity index is 460. The summed E-state index contributed by atoms with van der Waals surface area (Å²) in [7, 11) is 0. The lowest BCUT2D eigenvalue weighted by molar-refractivity contribution is -0.115. The number of allylic oxidation sites excluding steroid dienone is 2. The van der Waals surface area contributed by atoms with Crippen molar-refractivity contribution in [2.24, 2.45) is 0 Å². The van der Waals surface area contributed by atoms with Crippen molar-refractivity contribution >= 4 is 27.3 Å². The molecule has 0 aliphatic heterocycles. The molecule has 0 heterocycles. The van der Waals surface area contributed by atoms with E-state index in [-0.39, 0.29) is 5.78 Å². The van der Waals surface area contributed by atoms with Crippen LogP contribution in [0.2, 0.25) is 0 Å². The van der Waals surface area contributed by atoms with E-state index in [0.29, 0.717) is 12.3 Å². The zero-order valence-corrected chi connectivity index (χ0v) is 11.2. The van der Waals surface area contributed by atoms with Gasteiger partial charge in [0.05, 0.1) is 4.48 Å².